The molecule has 4 heteroatoms. The Balaban J connectivity index is 2.03. The Morgan fingerprint density at radius 2 is 1.90 bits per heavy atom. The van der Waals surface area contributed by atoms with Crippen molar-refractivity contribution in [1.82, 2.24) is 5.32 Å². The molecule has 0 bridgehead atoms. The Morgan fingerprint density at radius 3 is 2.55 bits per heavy atom. The molecule has 20 heavy (non-hydrogen) atoms. The minimum Gasteiger partial charge on any atom is -0.398 e. The van der Waals surface area contributed by atoms with Crippen LogP contribution in [0.4, 0.5) is 5.69 Å². The SMILES string of the molecule is CC(CNC(=O)c1c(N)cccc1Cl)c1ccccc1. The van der Waals surface area contributed by atoms with Gasteiger partial charge in [0.2, 0.25) is 0 Å². The summed E-state index contributed by atoms with van der Waals surface area (Å²) in [5.41, 5.74) is 7.71. The van der Waals surface area contributed by atoms with Gasteiger partial charge in [0, 0.05) is 12.2 Å². The molecular formula is C16H17ClN2O. The van der Waals surface area contributed by atoms with Gasteiger partial charge in [-0.25, -0.2) is 0 Å². The number of nitrogen functional groups attached to an aromatic ring is 1. The van der Waals surface area contributed by atoms with E-state index in [1.54, 1.807) is 18.2 Å². The summed E-state index contributed by atoms with van der Waals surface area (Å²) in [6.07, 6.45) is 0. The number of amides is 1. The zero-order valence-corrected chi connectivity index (χ0v) is 12.0. The first-order valence-corrected chi connectivity index (χ1v) is 6.84. The van der Waals surface area contributed by atoms with Crippen LogP contribution in [0.3, 0.4) is 0 Å². The number of halogens is 1. The van der Waals surface area contributed by atoms with Gasteiger partial charge in [-0.05, 0) is 23.6 Å². The van der Waals surface area contributed by atoms with E-state index in [2.05, 4.69) is 12.2 Å². The molecule has 0 aliphatic carbocycles. The van der Waals surface area contributed by atoms with E-state index in [0.717, 1.165) is 0 Å². The summed E-state index contributed by atoms with van der Waals surface area (Å²) < 4.78 is 0. The Labute approximate surface area is 123 Å². The quantitative estimate of drug-likeness (QED) is 0.847. The highest BCUT2D eigenvalue weighted by Gasteiger charge is 2.14. The number of hydrogen-bond acceptors (Lipinski definition) is 2. The summed E-state index contributed by atoms with van der Waals surface area (Å²) in [4.78, 5) is 12.1. The maximum atomic E-state index is 12.1. The summed E-state index contributed by atoms with van der Waals surface area (Å²) in [7, 11) is 0. The van der Waals surface area contributed by atoms with Gasteiger partial charge in [-0.2, -0.15) is 0 Å². The first kappa shape index (κ1) is 14.4. The van der Waals surface area contributed by atoms with Crippen LogP contribution in [0.2, 0.25) is 5.02 Å². The molecule has 0 radical (unpaired) electrons. The average molecular weight is 289 g/mol. The predicted octanol–water partition coefficient (Wildman–Crippen LogP) is 3.46. The lowest BCUT2D eigenvalue weighted by atomic mass is 10.0. The van der Waals surface area contributed by atoms with Crippen molar-refractivity contribution >= 4 is 23.2 Å². The number of hydrogen-bond donors (Lipinski definition) is 2. The molecule has 3 N–H and O–H groups in total. The highest BCUT2D eigenvalue weighted by Crippen LogP contribution is 2.22. The molecule has 0 fully saturated rings. The first-order valence-electron chi connectivity index (χ1n) is 6.46. The van der Waals surface area contributed by atoms with Crippen LogP contribution >= 0.6 is 11.6 Å². The third-order valence-corrected chi connectivity index (χ3v) is 3.53. The smallest absolute Gasteiger partial charge is 0.254 e. The molecule has 3 nitrogen and oxygen atoms in total. The van der Waals surface area contributed by atoms with Gasteiger partial charge < -0.3 is 11.1 Å². The Morgan fingerprint density at radius 1 is 1.20 bits per heavy atom. The van der Waals surface area contributed by atoms with E-state index in [-0.39, 0.29) is 11.8 Å². The number of anilines is 1. The topological polar surface area (TPSA) is 55.1 Å². The van der Waals surface area contributed by atoms with E-state index in [0.29, 0.717) is 22.8 Å². The van der Waals surface area contributed by atoms with E-state index in [9.17, 15) is 4.79 Å². The van der Waals surface area contributed by atoms with Crippen molar-refractivity contribution in [2.45, 2.75) is 12.8 Å². The predicted molar refractivity (Wildman–Crippen MR) is 83.1 cm³/mol. The van der Waals surface area contributed by atoms with Crippen LogP contribution < -0.4 is 11.1 Å². The van der Waals surface area contributed by atoms with E-state index in [1.807, 2.05) is 30.3 Å². The molecular weight excluding hydrogens is 272 g/mol. The van der Waals surface area contributed by atoms with Crippen molar-refractivity contribution in [3.05, 3.63) is 64.7 Å². The van der Waals surface area contributed by atoms with Crippen molar-refractivity contribution in [2.24, 2.45) is 0 Å². The minimum atomic E-state index is -0.240. The summed E-state index contributed by atoms with van der Waals surface area (Å²) in [6.45, 7) is 2.60. The van der Waals surface area contributed by atoms with Crippen LogP contribution in [0, 0.1) is 0 Å². The molecule has 2 aromatic rings. The van der Waals surface area contributed by atoms with E-state index in [1.165, 1.54) is 5.56 Å². The fourth-order valence-electron chi connectivity index (χ4n) is 2.01. The highest BCUT2D eigenvalue weighted by molar-refractivity contribution is 6.34. The Hall–Kier alpha value is -2.00. The number of nitrogens with one attached hydrogen (secondary N) is 1. The lowest BCUT2D eigenvalue weighted by Crippen LogP contribution is -2.28. The van der Waals surface area contributed by atoms with Gasteiger partial charge in [0.05, 0.1) is 10.6 Å². The zero-order valence-electron chi connectivity index (χ0n) is 11.3. The number of benzene rings is 2. The second-order valence-corrected chi connectivity index (χ2v) is 5.13. The highest BCUT2D eigenvalue weighted by atomic mass is 35.5. The van der Waals surface area contributed by atoms with E-state index >= 15 is 0 Å². The summed E-state index contributed by atoms with van der Waals surface area (Å²) >= 11 is 6.02. The molecule has 0 aromatic heterocycles. The third-order valence-electron chi connectivity index (χ3n) is 3.21. The molecule has 1 atom stereocenters. The molecule has 0 aliphatic rings. The van der Waals surface area contributed by atoms with Gasteiger partial charge in [-0.3, -0.25) is 4.79 Å². The van der Waals surface area contributed by atoms with Crippen molar-refractivity contribution in [3.8, 4) is 0 Å². The molecule has 2 rings (SSSR count). The molecule has 0 aliphatic heterocycles. The molecule has 104 valence electrons. The lowest BCUT2D eigenvalue weighted by Gasteiger charge is -2.14. The third kappa shape index (κ3) is 3.31. The lowest BCUT2D eigenvalue weighted by molar-refractivity contribution is 0.0952. The van der Waals surface area contributed by atoms with Crippen molar-refractivity contribution in [3.63, 3.8) is 0 Å². The monoisotopic (exact) mass is 288 g/mol. The van der Waals surface area contributed by atoms with E-state index in [4.69, 9.17) is 17.3 Å². The van der Waals surface area contributed by atoms with Crippen LogP contribution in [0.5, 0.6) is 0 Å². The number of rotatable bonds is 4. The van der Waals surface area contributed by atoms with Crippen molar-refractivity contribution in [1.29, 1.82) is 0 Å². The number of carbonyl (C=O) groups is 1. The second-order valence-electron chi connectivity index (χ2n) is 4.73. The molecule has 0 spiro atoms. The van der Waals surface area contributed by atoms with Gasteiger partial charge >= 0.3 is 0 Å². The molecule has 0 heterocycles. The normalized spacial score (nSPS) is 11.9. The maximum Gasteiger partial charge on any atom is 0.254 e. The van der Waals surface area contributed by atoms with Gasteiger partial charge in [0.25, 0.3) is 5.91 Å². The van der Waals surface area contributed by atoms with Gasteiger partial charge in [-0.1, -0.05) is 54.9 Å². The fourth-order valence-corrected chi connectivity index (χ4v) is 2.28. The van der Waals surface area contributed by atoms with Gasteiger partial charge in [-0.15, -0.1) is 0 Å². The zero-order chi connectivity index (χ0) is 14.5. The number of carbonyl (C=O) groups excluding carboxylic acids is 1. The van der Waals surface area contributed by atoms with Crippen LogP contribution in [-0.2, 0) is 0 Å². The van der Waals surface area contributed by atoms with Crippen LogP contribution in [-0.4, -0.2) is 12.5 Å². The average Bonchev–Trinajstić information content (AvgIpc) is 2.45. The summed E-state index contributed by atoms with van der Waals surface area (Å²) in [6, 6.07) is 15.1. The molecule has 0 saturated carbocycles. The number of nitrogens with two attached hydrogens (primary N) is 1. The van der Waals surface area contributed by atoms with Crippen molar-refractivity contribution < 1.29 is 4.79 Å². The van der Waals surface area contributed by atoms with Crippen LogP contribution in [0.25, 0.3) is 0 Å². The van der Waals surface area contributed by atoms with E-state index < -0.39 is 0 Å². The minimum absolute atomic E-state index is 0.226. The van der Waals surface area contributed by atoms with Crippen molar-refractivity contribution in [2.75, 3.05) is 12.3 Å². The standard InChI is InChI=1S/C16H17ClN2O/c1-11(12-6-3-2-4-7-12)10-19-16(20)15-13(17)8-5-9-14(15)18/h2-9,11H,10,18H2,1H3,(H,19,20). The molecule has 2 aromatic carbocycles. The molecule has 0 saturated heterocycles. The molecule has 1 amide bonds. The van der Waals surface area contributed by atoms with Crippen LogP contribution in [0.15, 0.2) is 48.5 Å². The second kappa shape index (κ2) is 6.44. The summed E-state index contributed by atoms with van der Waals surface area (Å²) in [5.74, 6) is -0.0141. The Bertz CT molecular complexity index is 578. The van der Waals surface area contributed by atoms with Gasteiger partial charge in [0.15, 0.2) is 0 Å². The van der Waals surface area contributed by atoms with Gasteiger partial charge in [0.1, 0.15) is 0 Å². The largest absolute Gasteiger partial charge is 0.398 e. The summed E-state index contributed by atoms with van der Waals surface area (Å²) in [5, 5.41) is 3.25. The molecule has 1 unspecified atom stereocenters. The maximum absolute atomic E-state index is 12.1. The Kier molecular flexibility index (Phi) is 4.64. The fraction of sp³-hybridized carbons (Fsp3) is 0.188. The first-order chi connectivity index (χ1) is 9.59. The van der Waals surface area contributed by atoms with Crippen LogP contribution in [0.1, 0.15) is 28.8 Å².